The topological polar surface area (TPSA) is 81.4 Å². The lowest BCUT2D eigenvalue weighted by Gasteiger charge is -2.12. The van der Waals surface area contributed by atoms with E-state index in [1.54, 1.807) is 6.07 Å². The highest BCUT2D eigenvalue weighted by Gasteiger charge is 2.20. The Kier molecular flexibility index (Phi) is 6.96. The maximum absolute atomic E-state index is 12.3. The Morgan fingerprint density at radius 2 is 2.00 bits per heavy atom. The molecule has 0 spiro atoms. The lowest BCUT2D eigenvalue weighted by molar-refractivity contribution is 0.402. The number of nitrogens with two attached hydrogens (primary N) is 1. The Labute approximate surface area is 135 Å². The smallest absolute Gasteiger partial charge is 0.244 e. The Morgan fingerprint density at radius 3 is 2.57 bits per heavy atom. The fourth-order valence-corrected chi connectivity index (χ4v) is 3.46. The number of hydrogen-bond donors (Lipinski definition) is 2. The van der Waals surface area contributed by atoms with Gasteiger partial charge in [0.2, 0.25) is 10.0 Å². The minimum Gasteiger partial charge on any atom is -0.495 e. The Balaban J connectivity index is 2.76. The standard InChI is InChI=1S/C14H23BrN2O3S/c1-10(2)6-4-5-7-17-21(18,19)14-9-12(16)11(15)8-13(14)20-3/h8-10,17H,4-7,16H2,1-3H3. The summed E-state index contributed by atoms with van der Waals surface area (Å²) in [5.74, 6) is 0.902. The molecule has 7 heteroatoms. The summed E-state index contributed by atoms with van der Waals surface area (Å²) in [4.78, 5) is 0.0644. The summed E-state index contributed by atoms with van der Waals surface area (Å²) in [7, 11) is -2.19. The van der Waals surface area contributed by atoms with Crippen molar-refractivity contribution in [2.75, 3.05) is 19.4 Å². The van der Waals surface area contributed by atoms with Crippen molar-refractivity contribution in [1.29, 1.82) is 0 Å². The van der Waals surface area contributed by atoms with Gasteiger partial charge in [0.1, 0.15) is 10.6 Å². The Morgan fingerprint density at radius 1 is 1.33 bits per heavy atom. The summed E-state index contributed by atoms with van der Waals surface area (Å²) in [5, 5.41) is 0. The van der Waals surface area contributed by atoms with Gasteiger partial charge >= 0.3 is 0 Å². The number of benzene rings is 1. The SMILES string of the molecule is COc1cc(Br)c(N)cc1S(=O)(=O)NCCCCC(C)C. The lowest BCUT2D eigenvalue weighted by Crippen LogP contribution is -2.25. The van der Waals surface area contributed by atoms with Crippen molar-refractivity contribution in [2.45, 2.75) is 38.0 Å². The number of nitrogens with one attached hydrogen (secondary N) is 1. The van der Waals surface area contributed by atoms with E-state index in [0.29, 0.717) is 22.6 Å². The van der Waals surface area contributed by atoms with E-state index >= 15 is 0 Å². The van der Waals surface area contributed by atoms with Gasteiger partial charge in [0.15, 0.2) is 0 Å². The zero-order valence-corrected chi connectivity index (χ0v) is 15.1. The van der Waals surface area contributed by atoms with Gasteiger partial charge in [-0.1, -0.05) is 26.7 Å². The van der Waals surface area contributed by atoms with E-state index in [1.165, 1.54) is 13.2 Å². The number of unbranched alkanes of at least 4 members (excludes halogenated alkanes) is 1. The predicted molar refractivity (Wildman–Crippen MR) is 89.0 cm³/mol. The summed E-state index contributed by atoms with van der Waals surface area (Å²) in [6.07, 6.45) is 2.90. The van der Waals surface area contributed by atoms with Crippen LogP contribution in [0.1, 0.15) is 33.1 Å². The van der Waals surface area contributed by atoms with Crippen LogP contribution in [0.3, 0.4) is 0 Å². The van der Waals surface area contributed by atoms with Crippen LogP contribution in [0.2, 0.25) is 0 Å². The molecule has 0 aliphatic rings. The van der Waals surface area contributed by atoms with Crippen molar-refractivity contribution in [3.63, 3.8) is 0 Å². The van der Waals surface area contributed by atoms with E-state index in [4.69, 9.17) is 10.5 Å². The second-order valence-corrected chi connectivity index (χ2v) is 7.90. The summed E-state index contributed by atoms with van der Waals surface area (Å²) in [6, 6.07) is 2.96. The molecule has 0 unspecified atom stereocenters. The number of rotatable bonds is 8. The van der Waals surface area contributed by atoms with E-state index < -0.39 is 10.0 Å². The van der Waals surface area contributed by atoms with Crippen LogP contribution in [0.15, 0.2) is 21.5 Å². The molecule has 0 radical (unpaired) electrons. The third kappa shape index (κ3) is 5.48. The highest BCUT2D eigenvalue weighted by Crippen LogP contribution is 2.32. The third-order valence-electron chi connectivity index (χ3n) is 3.07. The summed E-state index contributed by atoms with van der Waals surface area (Å²) >= 11 is 3.25. The quantitative estimate of drug-likeness (QED) is 0.537. The van der Waals surface area contributed by atoms with Crippen molar-refractivity contribution in [3.05, 3.63) is 16.6 Å². The number of anilines is 1. The zero-order valence-electron chi connectivity index (χ0n) is 12.6. The Bertz CT molecular complexity index is 574. The summed E-state index contributed by atoms with van der Waals surface area (Å²) in [5.41, 5.74) is 6.11. The number of sulfonamides is 1. The maximum Gasteiger partial charge on any atom is 0.244 e. The molecule has 0 amide bonds. The monoisotopic (exact) mass is 378 g/mol. The van der Waals surface area contributed by atoms with Gasteiger partial charge in [-0.25, -0.2) is 13.1 Å². The van der Waals surface area contributed by atoms with Crippen LogP contribution in [0.25, 0.3) is 0 Å². The minimum atomic E-state index is -3.62. The number of halogens is 1. The molecule has 0 aliphatic carbocycles. The van der Waals surface area contributed by atoms with E-state index in [0.717, 1.165) is 19.3 Å². The maximum atomic E-state index is 12.3. The van der Waals surface area contributed by atoms with Crippen LogP contribution in [-0.4, -0.2) is 22.1 Å². The second kappa shape index (κ2) is 8.00. The molecule has 0 fully saturated rings. The average Bonchev–Trinajstić information content (AvgIpc) is 2.40. The van der Waals surface area contributed by atoms with Gasteiger partial charge < -0.3 is 10.5 Å². The number of hydrogen-bond acceptors (Lipinski definition) is 4. The van der Waals surface area contributed by atoms with Gasteiger partial charge in [0.25, 0.3) is 0 Å². The van der Waals surface area contributed by atoms with Crippen molar-refractivity contribution < 1.29 is 13.2 Å². The van der Waals surface area contributed by atoms with Crippen molar-refractivity contribution >= 4 is 31.6 Å². The molecule has 0 heterocycles. The molecule has 0 atom stereocenters. The first kappa shape index (κ1) is 18.3. The molecular formula is C14H23BrN2O3S. The highest BCUT2D eigenvalue weighted by molar-refractivity contribution is 9.10. The van der Waals surface area contributed by atoms with Crippen LogP contribution < -0.4 is 15.2 Å². The number of nitrogen functional groups attached to an aromatic ring is 1. The van der Waals surface area contributed by atoms with Gasteiger partial charge in [-0.2, -0.15) is 0 Å². The molecule has 120 valence electrons. The first-order valence-corrected chi connectivity index (χ1v) is 9.18. The van der Waals surface area contributed by atoms with E-state index in [2.05, 4.69) is 34.5 Å². The van der Waals surface area contributed by atoms with Crippen molar-refractivity contribution in [1.82, 2.24) is 4.72 Å². The molecule has 0 saturated carbocycles. The van der Waals surface area contributed by atoms with Crippen LogP contribution in [0, 0.1) is 5.92 Å². The van der Waals surface area contributed by atoms with Crippen LogP contribution in [0.4, 0.5) is 5.69 Å². The van der Waals surface area contributed by atoms with E-state index in [1.807, 2.05) is 0 Å². The van der Waals surface area contributed by atoms with Crippen molar-refractivity contribution in [2.24, 2.45) is 5.92 Å². The molecule has 3 N–H and O–H groups in total. The molecular weight excluding hydrogens is 356 g/mol. The lowest BCUT2D eigenvalue weighted by atomic mass is 10.1. The normalized spacial score (nSPS) is 11.9. The Hall–Kier alpha value is -0.790. The predicted octanol–water partition coefficient (Wildman–Crippen LogP) is 3.14. The molecule has 0 bridgehead atoms. The zero-order chi connectivity index (χ0) is 16.0. The van der Waals surface area contributed by atoms with Gasteiger partial charge in [0, 0.05) is 16.7 Å². The highest BCUT2D eigenvalue weighted by atomic mass is 79.9. The fourth-order valence-electron chi connectivity index (χ4n) is 1.88. The second-order valence-electron chi connectivity index (χ2n) is 5.31. The van der Waals surface area contributed by atoms with Crippen LogP contribution in [0.5, 0.6) is 5.75 Å². The molecule has 0 aliphatic heterocycles. The van der Waals surface area contributed by atoms with Gasteiger partial charge in [-0.15, -0.1) is 0 Å². The number of methoxy groups -OCH3 is 1. The molecule has 1 aromatic rings. The summed E-state index contributed by atoms with van der Waals surface area (Å²) < 4.78 is 32.9. The largest absolute Gasteiger partial charge is 0.495 e. The van der Waals surface area contributed by atoms with Gasteiger partial charge in [0.05, 0.1) is 7.11 Å². The average molecular weight is 379 g/mol. The third-order valence-corrected chi connectivity index (χ3v) is 5.24. The van der Waals surface area contributed by atoms with Gasteiger partial charge in [-0.3, -0.25) is 0 Å². The molecule has 1 rings (SSSR count). The van der Waals surface area contributed by atoms with E-state index in [-0.39, 0.29) is 10.6 Å². The molecule has 1 aromatic carbocycles. The summed E-state index contributed by atoms with van der Waals surface area (Å²) in [6.45, 7) is 4.72. The van der Waals surface area contributed by atoms with Crippen LogP contribution >= 0.6 is 15.9 Å². The molecule has 5 nitrogen and oxygen atoms in total. The van der Waals surface area contributed by atoms with Crippen molar-refractivity contribution in [3.8, 4) is 5.75 Å². The molecule has 0 aromatic heterocycles. The first-order valence-electron chi connectivity index (χ1n) is 6.90. The van der Waals surface area contributed by atoms with Crippen LogP contribution in [-0.2, 0) is 10.0 Å². The first-order chi connectivity index (χ1) is 9.77. The molecule has 21 heavy (non-hydrogen) atoms. The fraction of sp³-hybridized carbons (Fsp3) is 0.571. The van der Waals surface area contributed by atoms with Gasteiger partial charge in [-0.05, 0) is 40.4 Å². The number of ether oxygens (including phenoxy) is 1. The molecule has 0 saturated heterocycles. The minimum absolute atomic E-state index is 0.0644. The van der Waals surface area contributed by atoms with E-state index in [9.17, 15) is 8.42 Å².